The van der Waals surface area contributed by atoms with Crippen molar-refractivity contribution in [3.8, 4) is 0 Å². The van der Waals surface area contributed by atoms with Gasteiger partial charge in [0.05, 0.1) is 0 Å². The quantitative estimate of drug-likeness (QED) is 0.860. The predicted octanol–water partition coefficient (Wildman–Crippen LogP) is 2.99. The molecule has 1 aliphatic rings. The lowest BCUT2D eigenvalue weighted by Gasteiger charge is -2.29. The Labute approximate surface area is 124 Å². The van der Waals surface area contributed by atoms with Crippen LogP contribution in [0.15, 0.2) is 29.6 Å². The highest BCUT2D eigenvalue weighted by Gasteiger charge is 2.23. The van der Waals surface area contributed by atoms with Gasteiger partial charge in [-0.15, -0.1) is 10.2 Å². The van der Waals surface area contributed by atoms with Gasteiger partial charge in [-0.1, -0.05) is 37.1 Å². The van der Waals surface area contributed by atoms with Crippen molar-refractivity contribution in [2.75, 3.05) is 12.8 Å². The molecule has 0 saturated heterocycles. The maximum Gasteiger partial charge on any atom is 0.195 e. The molecule has 1 unspecified atom stereocenters. The van der Waals surface area contributed by atoms with Gasteiger partial charge < -0.3 is 5.32 Å². The molecule has 0 amide bonds. The number of nitrogens with one attached hydrogen (secondary N) is 1. The highest BCUT2D eigenvalue weighted by Crippen LogP contribution is 2.29. The van der Waals surface area contributed by atoms with E-state index < -0.39 is 0 Å². The van der Waals surface area contributed by atoms with E-state index in [2.05, 4.69) is 27.0 Å². The van der Waals surface area contributed by atoms with Gasteiger partial charge in [0, 0.05) is 18.0 Å². The monoisotopic (exact) mass is 290 g/mol. The van der Waals surface area contributed by atoms with Crippen molar-refractivity contribution in [3.63, 3.8) is 0 Å². The van der Waals surface area contributed by atoms with Crippen LogP contribution in [0, 0.1) is 5.92 Å². The van der Waals surface area contributed by atoms with E-state index in [0.717, 1.165) is 22.5 Å². The molecule has 2 heterocycles. The van der Waals surface area contributed by atoms with Gasteiger partial charge in [-0.25, -0.2) is 0 Å². The molecule has 0 spiro atoms. The minimum Gasteiger partial charge on any atom is -0.316 e. The van der Waals surface area contributed by atoms with Crippen LogP contribution in [0.5, 0.6) is 0 Å². The highest BCUT2D eigenvalue weighted by atomic mass is 32.2. The predicted molar refractivity (Wildman–Crippen MR) is 83.1 cm³/mol. The molecule has 1 atom stereocenters. The number of fused-ring (bicyclic) bond motifs is 1. The normalized spacial score (nSPS) is 18.4. The zero-order valence-corrected chi connectivity index (χ0v) is 12.8. The van der Waals surface area contributed by atoms with Gasteiger partial charge in [-0.3, -0.25) is 4.40 Å². The number of thioether (sulfide) groups is 1. The smallest absolute Gasteiger partial charge is 0.195 e. The van der Waals surface area contributed by atoms with E-state index in [9.17, 15) is 0 Å². The maximum absolute atomic E-state index is 4.29. The second-order valence-corrected chi connectivity index (χ2v) is 6.50. The molecule has 5 heteroatoms. The molecule has 108 valence electrons. The summed E-state index contributed by atoms with van der Waals surface area (Å²) in [5, 5.41) is 13.0. The van der Waals surface area contributed by atoms with Gasteiger partial charge in [0.15, 0.2) is 10.8 Å². The lowest BCUT2D eigenvalue weighted by molar-refractivity contribution is 0.294. The van der Waals surface area contributed by atoms with Crippen molar-refractivity contribution in [2.24, 2.45) is 5.92 Å². The maximum atomic E-state index is 4.29. The molecule has 0 aliphatic heterocycles. The van der Waals surface area contributed by atoms with Crippen molar-refractivity contribution in [1.82, 2.24) is 19.9 Å². The van der Waals surface area contributed by atoms with Crippen LogP contribution in [0.4, 0.5) is 0 Å². The lowest BCUT2D eigenvalue weighted by Crippen LogP contribution is -2.36. The van der Waals surface area contributed by atoms with Crippen molar-refractivity contribution < 1.29 is 0 Å². The molecule has 2 aromatic heterocycles. The Morgan fingerprint density at radius 3 is 2.95 bits per heavy atom. The Balaban J connectivity index is 1.65. The highest BCUT2D eigenvalue weighted by molar-refractivity contribution is 7.99. The minimum atomic E-state index is 0.580. The number of hydrogen-bond donors (Lipinski definition) is 1. The standard InChI is InChI=1S/C15H22N4S/c1-16-13(12-7-3-2-4-8-12)11-20-15-18-17-14-9-5-6-10-19(14)15/h5-6,9-10,12-13,16H,2-4,7-8,11H2,1H3. The fourth-order valence-corrected chi connectivity index (χ4v) is 4.23. The van der Waals surface area contributed by atoms with Crippen LogP contribution in [0.2, 0.25) is 0 Å². The number of nitrogens with zero attached hydrogens (tertiary/aromatic N) is 3. The van der Waals surface area contributed by atoms with Crippen LogP contribution in [0.25, 0.3) is 5.65 Å². The lowest BCUT2D eigenvalue weighted by atomic mass is 9.84. The first-order valence-corrected chi connectivity index (χ1v) is 8.47. The molecule has 0 bridgehead atoms. The molecule has 0 radical (unpaired) electrons. The van der Waals surface area contributed by atoms with Crippen molar-refractivity contribution in [2.45, 2.75) is 43.3 Å². The molecule has 1 fully saturated rings. The van der Waals surface area contributed by atoms with Crippen LogP contribution in [-0.4, -0.2) is 33.4 Å². The molecular weight excluding hydrogens is 268 g/mol. The van der Waals surface area contributed by atoms with Crippen LogP contribution in [-0.2, 0) is 0 Å². The molecule has 1 aliphatic carbocycles. The summed E-state index contributed by atoms with van der Waals surface area (Å²) in [6.07, 6.45) is 8.96. The van der Waals surface area contributed by atoms with E-state index in [0.29, 0.717) is 6.04 Å². The van der Waals surface area contributed by atoms with E-state index in [4.69, 9.17) is 0 Å². The second kappa shape index (κ2) is 6.59. The van der Waals surface area contributed by atoms with Crippen LogP contribution >= 0.6 is 11.8 Å². The van der Waals surface area contributed by atoms with Crippen molar-refractivity contribution >= 4 is 17.4 Å². The number of aromatic nitrogens is 3. The summed E-state index contributed by atoms with van der Waals surface area (Å²) in [4.78, 5) is 0. The summed E-state index contributed by atoms with van der Waals surface area (Å²) in [6.45, 7) is 0. The summed E-state index contributed by atoms with van der Waals surface area (Å²) in [5.41, 5.74) is 0.925. The Bertz CT molecular complexity index is 548. The van der Waals surface area contributed by atoms with E-state index in [-0.39, 0.29) is 0 Å². The van der Waals surface area contributed by atoms with Gasteiger partial charge in [0.25, 0.3) is 0 Å². The molecular formula is C15H22N4S. The number of pyridine rings is 1. The molecule has 4 nitrogen and oxygen atoms in total. The second-order valence-electron chi connectivity index (χ2n) is 5.52. The van der Waals surface area contributed by atoms with Crippen LogP contribution < -0.4 is 5.32 Å². The van der Waals surface area contributed by atoms with Gasteiger partial charge in [0.1, 0.15) is 0 Å². The van der Waals surface area contributed by atoms with E-state index in [1.165, 1.54) is 32.1 Å². The van der Waals surface area contributed by atoms with Crippen LogP contribution in [0.1, 0.15) is 32.1 Å². The van der Waals surface area contributed by atoms with Crippen molar-refractivity contribution in [3.05, 3.63) is 24.4 Å². The molecule has 1 saturated carbocycles. The third kappa shape index (κ3) is 2.99. The largest absolute Gasteiger partial charge is 0.316 e. The topological polar surface area (TPSA) is 42.2 Å². The first kappa shape index (κ1) is 13.9. The third-order valence-electron chi connectivity index (χ3n) is 4.26. The Morgan fingerprint density at radius 1 is 1.30 bits per heavy atom. The van der Waals surface area contributed by atoms with Crippen molar-refractivity contribution in [1.29, 1.82) is 0 Å². The van der Waals surface area contributed by atoms with Gasteiger partial charge in [-0.2, -0.15) is 0 Å². The fraction of sp³-hybridized carbons (Fsp3) is 0.600. The minimum absolute atomic E-state index is 0.580. The third-order valence-corrected chi connectivity index (χ3v) is 5.33. The van der Waals surface area contributed by atoms with E-state index in [1.54, 1.807) is 0 Å². The van der Waals surface area contributed by atoms with Gasteiger partial charge >= 0.3 is 0 Å². The molecule has 1 N–H and O–H groups in total. The molecule has 20 heavy (non-hydrogen) atoms. The summed E-state index contributed by atoms with van der Waals surface area (Å²) in [5.74, 6) is 1.89. The Hall–Kier alpha value is -1.07. The summed E-state index contributed by atoms with van der Waals surface area (Å²) in [6, 6.07) is 6.60. The molecule has 3 rings (SSSR count). The fourth-order valence-electron chi connectivity index (χ4n) is 3.07. The first-order chi connectivity index (χ1) is 9.88. The Kier molecular flexibility index (Phi) is 4.58. The number of rotatable bonds is 5. The van der Waals surface area contributed by atoms with E-state index >= 15 is 0 Å². The zero-order valence-electron chi connectivity index (χ0n) is 12.0. The summed E-state index contributed by atoms with van der Waals surface area (Å²) in [7, 11) is 2.09. The SMILES string of the molecule is CNC(CSc1nnc2ccccn12)C1CCCCC1. The van der Waals surface area contributed by atoms with E-state index in [1.807, 2.05) is 36.2 Å². The average Bonchev–Trinajstić information content (AvgIpc) is 2.92. The Morgan fingerprint density at radius 2 is 2.15 bits per heavy atom. The molecule has 0 aromatic carbocycles. The average molecular weight is 290 g/mol. The zero-order chi connectivity index (χ0) is 13.8. The van der Waals surface area contributed by atoms with Gasteiger partial charge in [0.2, 0.25) is 0 Å². The molecule has 2 aromatic rings. The summed E-state index contributed by atoms with van der Waals surface area (Å²) < 4.78 is 2.07. The van der Waals surface area contributed by atoms with Gasteiger partial charge in [-0.05, 0) is 37.9 Å². The van der Waals surface area contributed by atoms with Crippen LogP contribution in [0.3, 0.4) is 0 Å². The summed E-state index contributed by atoms with van der Waals surface area (Å²) >= 11 is 1.81. The first-order valence-electron chi connectivity index (χ1n) is 7.48. The number of hydrogen-bond acceptors (Lipinski definition) is 4.